The number of aromatic hydroxyl groups is 1. The fraction of sp³-hybridized carbons (Fsp3) is 0.0667. The van der Waals surface area contributed by atoms with Gasteiger partial charge >= 0.3 is 11.7 Å². The van der Waals surface area contributed by atoms with Gasteiger partial charge in [-0.25, -0.2) is 4.99 Å². The Morgan fingerprint density at radius 1 is 1.42 bits per heavy atom. The lowest BCUT2D eigenvalue weighted by atomic mass is 10.2. The van der Waals surface area contributed by atoms with Crippen LogP contribution < -0.4 is 4.74 Å². The van der Waals surface area contributed by atoms with Gasteiger partial charge in [0.1, 0.15) is 11.3 Å². The Balaban J connectivity index is 1.97. The van der Waals surface area contributed by atoms with E-state index >= 15 is 0 Å². The molecule has 1 heterocycles. The van der Waals surface area contributed by atoms with Crippen LogP contribution >= 0.6 is 11.6 Å². The van der Waals surface area contributed by atoms with Crippen LogP contribution in [-0.4, -0.2) is 28.3 Å². The standard InChI is InChI=1S/C15H10ClN3O5/c1-23-10-2-3-11-13(6-10)24-15(18-11)17-7-8-4-9(16)5-12(14(8)20)19(21)22/h2-7,20H,1H3. The molecule has 0 bridgehead atoms. The van der Waals surface area contributed by atoms with Gasteiger partial charge in [-0.3, -0.25) is 10.1 Å². The molecule has 0 amide bonds. The second-order valence-corrected chi connectivity index (χ2v) is 5.14. The van der Waals surface area contributed by atoms with Crippen molar-refractivity contribution in [1.29, 1.82) is 0 Å². The van der Waals surface area contributed by atoms with Crippen LogP contribution in [-0.2, 0) is 0 Å². The van der Waals surface area contributed by atoms with Crippen LogP contribution in [0.15, 0.2) is 39.7 Å². The molecule has 0 atom stereocenters. The Morgan fingerprint density at radius 3 is 2.92 bits per heavy atom. The van der Waals surface area contributed by atoms with Gasteiger partial charge in [0.2, 0.25) is 5.75 Å². The number of oxazole rings is 1. The Hall–Kier alpha value is -3.13. The lowest BCUT2D eigenvalue weighted by Gasteiger charge is -2.00. The van der Waals surface area contributed by atoms with Crippen molar-refractivity contribution in [3.8, 4) is 11.5 Å². The molecule has 0 saturated heterocycles. The topological polar surface area (TPSA) is 111 Å². The van der Waals surface area contributed by atoms with Crippen LogP contribution in [0.25, 0.3) is 11.1 Å². The van der Waals surface area contributed by atoms with E-state index in [1.807, 2.05) is 0 Å². The van der Waals surface area contributed by atoms with Crippen molar-refractivity contribution in [2.75, 3.05) is 7.11 Å². The SMILES string of the molecule is COc1ccc2nc(N=Cc3cc(Cl)cc([N+](=O)[O-])c3O)oc2c1. The minimum atomic E-state index is -0.732. The summed E-state index contributed by atoms with van der Waals surface area (Å²) >= 11 is 5.82. The van der Waals surface area contributed by atoms with Crippen LogP contribution in [0.5, 0.6) is 11.5 Å². The van der Waals surface area contributed by atoms with Crippen molar-refractivity contribution in [3.05, 3.63) is 51.0 Å². The van der Waals surface area contributed by atoms with E-state index in [9.17, 15) is 15.2 Å². The molecule has 1 aromatic heterocycles. The number of aromatic nitrogens is 1. The highest BCUT2D eigenvalue weighted by molar-refractivity contribution is 6.31. The zero-order valence-corrected chi connectivity index (χ0v) is 13.0. The van der Waals surface area contributed by atoms with Crippen LogP contribution in [0.1, 0.15) is 5.56 Å². The molecule has 0 aliphatic rings. The molecule has 0 spiro atoms. The summed E-state index contributed by atoms with van der Waals surface area (Å²) in [4.78, 5) is 18.3. The van der Waals surface area contributed by atoms with Crippen molar-refractivity contribution >= 4 is 40.6 Å². The highest BCUT2D eigenvalue weighted by Gasteiger charge is 2.18. The predicted molar refractivity (Wildman–Crippen MR) is 87.6 cm³/mol. The first kappa shape index (κ1) is 15.8. The van der Waals surface area contributed by atoms with Crippen LogP contribution in [0.2, 0.25) is 5.02 Å². The number of ether oxygens (including phenoxy) is 1. The van der Waals surface area contributed by atoms with Gasteiger partial charge in [0.05, 0.1) is 12.0 Å². The van der Waals surface area contributed by atoms with Crippen LogP contribution in [0.4, 0.5) is 11.7 Å². The number of phenols is 1. The molecule has 122 valence electrons. The summed E-state index contributed by atoms with van der Waals surface area (Å²) in [6.07, 6.45) is 1.19. The monoisotopic (exact) mass is 347 g/mol. The first-order valence-corrected chi connectivity index (χ1v) is 7.01. The number of halogens is 1. The van der Waals surface area contributed by atoms with Gasteiger partial charge in [0, 0.05) is 28.9 Å². The molecule has 9 heteroatoms. The highest BCUT2D eigenvalue weighted by Crippen LogP contribution is 2.32. The summed E-state index contributed by atoms with van der Waals surface area (Å²) in [5, 5.41) is 20.9. The quantitative estimate of drug-likeness (QED) is 0.436. The third-order valence-corrected chi connectivity index (χ3v) is 3.40. The van der Waals surface area contributed by atoms with Crippen molar-refractivity contribution in [2.45, 2.75) is 0 Å². The van der Waals surface area contributed by atoms with E-state index in [1.165, 1.54) is 19.4 Å². The number of benzene rings is 2. The zero-order valence-electron chi connectivity index (χ0n) is 12.3. The molecule has 3 aromatic rings. The van der Waals surface area contributed by atoms with E-state index in [-0.39, 0.29) is 16.6 Å². The lowest BCUT2D eigenvalue weighted by molar-refractivity contribution is -0.385. The number of methoxy groups -OCH3 is 1. The van der Waals surface area contributed by atoms with Gasteiger partial charge in [0.25, 0.3) is 0 Å². The van der Waals surface area contributed by atoms with Gasteiger partial charge in [-0.2, -0.15) is 4.98 Å². The third kappa shape index (κ3) is 2.99. The molecule has 0 radical (unpaired) electrons. The number of fused-ring (bicyclic) bond motifs is 1. The summed E-state index contributed by atoms with van der Waals surface area (Å²) < 4.78 is 10.5. The molecule has 0 unspecified atom stereocenters. The molecule has 3 rings (SSSR count). The molecule has 0 fully saturated rings. The Labute approximate surface area is 140 Å². The summed E-state index contributed by atoms with van der Waals surface area (Å²) in [6, 6.07) is 7.52. The van der Waals surface area contributed by atoms with Crippen molar-refractivity contribution in [1.82, 2.24) is 4.98 Å². The number of nitrogens with zero attached hydrogens (tertiary/aromatic N) is 3. The second kappa shape index (κ2) is 6.17. The fourth-order valence-electron chi connectivity index (χ4n) is 2.04. The van der Waals surface area contributed by atoms with E-state index in [1.54, 1.807) is 18.2 Å². The highest BCUT2D eigenvalue weighted by atomic mass is 35.5. The number of nitro groups is 1. The maximum Gasteiger partial charge on any atom is 0.322 e. The normalized spacial score (nSPS) is 11.2. The van der Waals surface area contributed by atoms with E-state index in [0.29, 0.717) is 16.8 Å². The minimum Gasteiger partial charge on any atom is -0.502 e. The summed E-state index contributed by atoms with van der Waals surface area (Å²) in [5.74, 6) is 0.0724. The van der Waals surface area contributed by atoms with Crippen molar-refractivity contribution < 1.29 is 19.2 Å². The molecule has 1 N–H and O–H groups in total. The molecule has 0 aliphatic heterocycles. The van der Waals surface area contributed by atoms with Gasteiger partial charge in [-0.15, -0.1) is 0 Å². The van der Waals surface area contributed by atoms with E-state index < -0.39 is 16.4 Å². The first-order valence-electron chi connectivity index (χ1n) is 6.63. The maximum atomic E-state index is 10.9. The largest absolute Gasteiger partial charge is 0.502 e. The van der Waals surface area contributed by atoms with Gasteiger partial charge in [-0.1, -0.05) is 11.6 Å². The fourth-order valence-corrected chi connectivity index (χ4v) is 2.26. The number of nitro benzene ring substituents is 1. The van der Waals surface area contributed by atoms with Crippen molar-refractivity contribution in [2.24, 2.45) is 4.99 Å². The summed E-state index contributed by atoms with van der Waals surface area (Å²) in [6.45, 7) is 0. The summed E-state index contributed by atoms with van der Waals surface area (Å²) in [7, 11) is 1.53. The van der Waals surface area contributed by atoms with Crippen molar-refractivity contribution in [3.63, 3.8) is 0 Å². The zero-order chi connectivity index (χ0) is 17.3. The minimum absolute atomic E-state index is 0.0280. The molecule has 2 aromatic carbocycles. The maximum absolute atomic E-state index is 10.9. The number of rotatable bonds is 4. The third-order valence-electron chi connectivity index (χ3n) is 3.18. The lowest BCUT2D eigenvalue weighted by Crippen LogP contribution is -1.92. The number of hydrogen-bond donors (Lipinski definition) is 1. The number of phenolic OH excluding ortho intramolecular Hbond substituents is 1. The molecule has 8 nitrogen and oxygen atoms in total. The average molecular weight is 348 g/mol. The Morgan fingerprint density at radius 2 is 2.21 bits per heavy atom. The molecule has 24 heavy (non-hydrogen) atoms. The average Bonchev–Trinajstić information content (AvgIpc) is 2.96. The van der Waals surface area contributed by atoms with E-state index in [2.05, 4.69) is 9.98 Å². The molecular weight excluding hydrogens is 338 g/mol. The number of aliphatic imine (C=N–C) groups is 1. The number of hydrogen-bond acceptors (Lipinski definition) is 7. The van der Waals surface area contributed by atoms with E-state index in [0.717, 1.165) is 6.07 Å². The van der Waals surface area contributed by atoms with Crippen LogP contribution in [0, 0.1) is 10.1 Å². The van der Waals surface area contributed by atoms with Gasteiger partial charge in [0.15, 0.2) is 5.58 Å². The first-order chi connectivity index (χ1) is 11.5. The summed E-state index contributed by atoms with van der Waals surface area (Å²) in [5.41, 5.74) is 0.618. The predicted octanol–water partition coefficient (Wildman–Crippen LogP) is 3.85. The second-order valence-electron chi connectivity index (χ2n) is 4.71. The Kier molecular flexibility index (Phi) is 4.05. The van der Waals surface area contributed by atoms with Gasteiger partial charge in [-0.05, 0) is 18.2 Å². The van der Waals surface area contributed by atoms with E-state index in [4.69, 9.17) is 20.8 Å². The van der Waals surface area contributed by atoms with Gasteiger partial charge < -0.3 is 14.3 Å². The Bertz CT molecular complexity index is 967. The smallest absolute Gasteiger partial charge is 0.322 e. The molecule has 0 saturated carbocycles. The molecule has 0 aliphatic carbocycles. The van der Waals surface area contributed by atoms with Crippen LogP contribution in [0.3, 0.4) is 0 Å². The molecular formula is C15H10ClN3O5.